The molecule has 0 fully saturated rings. The number of aryl methyl sites for hydroxylation is 1. The van der Waals surface area contributed by atoms with E-state index in [-0.39, 0.29) is 5.91 Å². The number of carbonyl (C=O) groups excluding carboxylic acids is 1. The van der Waals surface area contributed by atoms with Gasteiger partial charge in [0.05, 0.1) is 13.0 Å². The molecular weight excluding hydrogens is 174 g/mol. The Morgan fingerprint density at radius 1 is 1.62 bits per heavy atom. The van der Waals surface area contributed by atoms with Crippen molar-refractivity contribution in [1.29, 1.82) is 0 Å². The zero-order valence-corrected chi connectivity index (χ0v) is 7.53. The quantitative estimate of drug-likeness (QED) is 0.732. The Morgan fingerprint density at radius 2 is 2.38 bits per heavy atom. The molecule has 0 saturated heterocycles. The van der Waals surface area contributed by atoms with Crippen molar-refractivity contribution in [2.75, 3.05) is 19.0 Å². The van der Waals surface area contributed by atoms with Crippen molar-refractivity contribution in [1.82, 2.24) is 10.3 Å². The summed E-state index contributed by atoms with van der Waals surface area (Å²) in [4.78, 5) is 11.1. The minimum atomic E-state index is -0.166. The second-order valence-corrected chi connectivity index (χ2v) is 2.49. The van der Waals surface area contributed by atoms with Crippen LogP contribution in [0.25, 0.3) is 0 Å². The Hall–Kier alpha value is -1.43. The molecule has 72 valence electrons. The topological polar surface area (TPSA) is 77.2 Å². The Bertz CT molecular complexity index is 284. The maximum Gasteiger partial charge on any atom is 0.227 e. The minimum absolute atomic E-state index is 0.166. The van der Waals surface area contributed by atoms with E-state index in [0.717, 1.165) is 0 Å². The normalized spacial score (nSPS) is 10.0. The van der Waals surface area contributed by atoms with Gasteiger partial charge in [0.1, 0.15) is 5.69 Å². The number of methoxy groups -OCH3 is 1. The fraction of sp³-hybridized carbons (Fsp3) is 0.571. The second-order valence-electron chi connectivity index (χ2n) is 2.49. The van der Waals surface area contributed by atoms with Crippen molar-refractivity contribution in [3.63, 3.8) is 0 Å². The Balaban J connectivity index is 2.41. The summed E-state index contributed by atoms with van der Waals surface area (Å²) < 4.78 is 9.15. The molecule has 0 aromatic carbocycles. The van der Waals surface area contributed by atoms with E-state index in [2.05, 4.69) is 20.3 Å². The van der Waals surface area contributed by atoms with E-state index in [1.165, 1.54) is 7.11 Å². The van der Waals surface area contributed by atoms with Crippen LogP contribution in [0.2, 0.25) is 0 Å². The Kier molecular flexibility index (Phi) is 3.39. The summed E-state index contributed by atoms with van der Waals surface area (Å²) in [6, 6.07) is 0. The predicted octanol–water partition coefficient (Wildman–Crippen LogP) is 0.353. The van der Waals surface area contributed by atoms with Gasteiger partial charge in [0.2, 0.25) is 5.91 Å². The fourth-order valence-electron chi connectivity index (χ4n) is 0.734. The minimum Gasteiger partial charge on any atom is -0.384 e. The molecule has 0 bridgehead atoms. The Labute approximate surface area is 75.2 Å². The number of carbonyl (C=O) groups is 1. The molecular formula is C7H11N3O3. The van der Waals surface area contributed by atoms with Crippen LogP contribution in [0.5, 0.6) is 0 Å². The van der Waals surface area contributed by atoms with Crippen LogP contribution in [-0.2, 0) is 9.53 Å². The molecule has 6 nitrogen and oxygen atoms in total. The van der Waals surface area contributed by atoms with E-state index in [4.69, 9.17) is 4.74 Å². The third-order valence-electron chi connectivity index (χ3n) is 1.44. The van der Waals surface area contributed by atoms with Crippen LogP contribution in [0.1, 0.15) is 12.1 Å². The van der Waals surface area contributed by atoms with Gasteiger partial charge in [-0.15, -0.1) is 0 Å². The highest BCUT2D eigenvalue weighted by atomic mass is 16.6. The monoisotopic (exact) mass is 185 g/mol. The molecule has 1 rings (SSSR count). The maximum atomic E-state index is 11.1. The molecule has 0 radical (unpaired) electrons. The maximum absolute atomic E-state index is 11.1. The first-order valence-electron chi connectivity index (χ1n) is 3.82. The van der Waals surface area contributed by atoms with Crippen molar-refractivity contribution < 1.29 is 14.2 Å². The third kappa shape index (κ3) is 2.83. The van der Waals surface area contributed by atoms with Crippen LogP contribution >= 0.6 is 0 Å². The van der Waals surface area contributed by atoms with Gasteiger partial charge in [-0.3, -0.25) is 4.79 Å². The average molecular weight is 185 g/mol. The van der Waals surface area contributed by atoms with Crippen LogP contribution in [0.4, 0.5) is 5.82 Å². The van der Waals surface area contributed by atoms with Crippen LogP contribution < -0.4 is 5.32 Å². The molecule has 1 aromatic heterocycles. The number of aromatic nitrogens is 2. The molecule has 0 atom stereocenters. The highest BCUT2D eigenvalue weighted by Crippen LogP contribution is 2.06. The zero-order valence-electron chi connectivity index (χ0n) is 7.53. The van der Waals surface area contributed by atoms with Crippen molar-refractivity contribution in [3.8, 4) is 0 Å². The van der Waals surface area contributed by atoms with Crippen LogP contribution in [0.15, 0.2) is 4.63 Å². The van der Waals surface area contributed by atoms with Gasteiger partial charge in [0, 0.05) is 7.11 Å². The summed E-state index contributed by atoms with van der Waals surface area (Å²) in [6.07, 6.45) is 0.294. The summed E-state index contributed by atoms with van der Waals surface area (Å²) in [6.45, 7) is 2.08. The van der Waals surface area contributed by atoms with Gasteiger partial charge < -0.3 is 10.1 Å². The van der Waals surface area contributed by atoms with E-state index in [1.807, 2.05) is 0 Å². The van der Waals surface area contributed by atoms with Crippen LogP contribution in [0, 0.1) is 6.92 Å². The zero-order chi connectivity index (χ0) is 9.68. The van der Waals surface area contributed by atoms with Gasteiger partial charge in [-0.1, -0.05) is 5.16 Å². The van der Waals surface area contributed by atoms with Crippen molar-refractivity contribution >= 4 is 11.7 Å². The lowest BCUT2D eigenvalue weighted by atomic mass is 10.4. The summed E-state index contributed by atoms with van der Waals surface area (Å²) >= 11 is 0. The van der Waals surface area contributed by atoms with Gasteiger partial charge in [-0.25, -0.2) is 4.63 Å². The summed E-state index contributed by atoms with van der Waals surface area (Å²) in [5.41, 5.74) is 0.561. The molecule has 1 amide bonds. The summed E-state index contributed by atoms with van der Waals surface area (Å²) in [5, 5.41) is 9.56. The lowest BCUT2D eigenvalue weighted by Crippen LogP contribution is -2.14. The number of ether oxygens (including phenoxy) is 1. The summed E-state index contributed by atoms with van der Waals surface area (Å²) in [7, 11) is 1.54. The number of nitrogens with one attached hydrogen (secondary N) is 1. The number of rotatable bonds is 4. The van der Waals surface area contributed by atoms with E-state index >= 15 is 0 Å². The number of hydrogen-bond acceptors (Lipinski definition) is 5. The number of amides is 1. The smallest absolute Gasteiger partial charge is 0.227 e. The molecule has 0 aliphatic heterocycles. The van der Waals surface area contributed by atoms with Gasteiger partial charge in [-0.05, 0) is 12.1 Å². The first kappa shape index (κ1) is 9.66. The molecule has 0 saturated carbocycles. The second kappa shape index (κ2) is 4.56. The molecule has 0 aliphatic rings. The average Bonchev–Trinajstić information content (AvgIpc) is 2.48. The number of anilines is 1. The highest BCUT2D eigenvalue weighted by Gasteiger charge is 2.08. The largest absolute Gasteiger partial charge is 0.384 e. The lowest BCUT2D eigenvalue weighted by Gasteiger charge is -1.99. The molecule has 6 heteroatoms. The lowest BCUT2D eigenvalue weighted by molar-refractivity contribution is -0.117. The molecule has 1 N–H and O–H groups in total. The standard InChI is InChI=1S/C7H11N3O3/c1-5-7(10-13-9-5)8-6(11)3-4-12-2/h3-4H2,1-2H3,(H,8,10,11). The molecule has 0 unspecified atom stereocenters. The fourth-order valence-corrected chi connectivity index (χ4v) is 0.734. The summed E-state index contributed by atoms with van der Waals surface area (Å²) in [5.74, 6) is 0.196. The van der Waals surface area contributed by atoms with E-state index in [0.29, 0.717) is 24.5 Å². The molecule has 0 aliphatic carbocycles. The number of hydrogen-bond donors (Lipinski definition) is 1. The van der Waals surface area contributed by atoms with Gasteiger partial charge in [-0.2, -0.15) is 0 Å². The van der Waals surface area contributed by atoms with Gasteiger partial charge >= 0.3 is 0 Å². The molecule has 1 heterocycles. The van der Waals surface area contributed by atoms with Gasteiger partial charge in [0.25, 0.3) is 0 Å². The van der Waals surface area contributed by atoms with Crippen molar-refractivity contribution in [2.24, 2.45) is 0 Å². The molecule has 0 spiro atoms. The van der Waals surface area contributed by atoms with E-state index in [9.17, 15) is 4.79 Å². The highest BCUT2D eigenvalue weighted by molar-refractivity contribution is 5.90. The number of nitrogens with zero attached hydrogens (tertiary/aromatic N) is 2. The Morgan fingerprint density at radius 3 is 2.92 bits per heavy atom. The van der Waals surface area contributed by atoms with E-state index < -0.39 is 0 Å². The predicted molar refractivity (Wildman–Crippen MR) is 44.2 cm³/mol. The van der Waals surface area contributed by atoms with Crippen LogP contribution in [-0.4, -0.2) is 29.9 Å². The van der Waals surface area contributed by atoms with Crippen molar-refractivity contribution in [3.05, 3.63) is 5.69 Å². The third-order valence-corrected chi connectivity index (χ3v) is 1.44. The van der Waals surface area contributed by atoms with Crippen molar-refractivity contribution in [2.45, 2.75) is 13.3 Å². The first-order valence-corrected chi connectivity index (χ1v) is 3.82. The molecule has 13 heavy (non-hydrogen) atoms. The first-order chi connectivity index (χ1) is 6.24. The van der Waals surface area contributed by atoms with Crippen LogP contribution in [0.3, 0.4) is 0 Å². The molecule has 1 aromatic rings. The van der Waals surface area contributed by atoms with E-state index in [1.54, 1.807) is 6.92 Å². The SMILES string of the molecule is COCCC(=O)Nc1nonc1C. The van der Waals surface area contributed by atoms with Gasteiger partial charge in [0.15, 0.2) is 5.82 Å².